The van der Waals surface area contributed by atoms with Crippen LogP contribution in [0.2, 0.25) is 0 Å². The zero-order chi connectivity index (χ0) is 13.1. The molecule has 0 aliphatic rings. The summed E-state index contributed by atoms with van der Waals surface area (Å²) in [4.78, 5) is 4.00. The van der Waals surface area contributed by atoms with E-state index in [2.05, 4.69) is 36.8 Å². The minimum atomic E-state index is -0.494. The van der Waals surface area contributed by atoms with Crippen molar-refractivity contribution in [2.75, 3.05) is 0 Å². The van der Waals surface area contributed by atoms with Crippen LogP contribution in [-0.2, 0) is 6.61 Å². The Bertz CT molecular complexity index is 578. The highest BCUT2D eigenvalue weighted by atomic mass is 79.9. The Kier molecular flexibility index (Phi) is 4.31. The Morgan fingerprint density at radius 3 is 2.72 bits per heavy atom. The molecule has 94 valence electrons. The van der Waals surface area contributed by atoms with Crippen LogP contribution in [0.15, 0.2) is 39.4 Å². The molecule has 0 unspecified atom stereocenters. The number of benzene rings is 1. The molecule has 1 aromatic heterocycles. The van der Waals surface area contributed by atoms with Gasteiger partial charge in [-0.2, -0.15) is 0 Å². The lowest BCUT2D eigenvalue weighted by atomic mass is 10.3. The largest absolute Gasteiger partial charge is 0.436 e. The normalized spacial score (nSPS) is 10.4. The molecule has 2 aromatic rings. The predicted octanol–water partition coefficient (Wildman–Crippen LogP) is 4.03. The van der Waals surface area contributed by atoms with Gasteiger partial charge in [-0.05, 0) is 40.2 Å². The van der Waals surface area contributed by atoms with Crippen molar-refractivity contribution in [3.05, 3.63) is 50.8 Å². The van der Waals surface area contributed by atoms with Crippen molar-refractivity contribution in [1.29, 1.82) is 0 Å². The second-order valence-electron chi connectivity index (χ2n) is 3.45. The maximum atomic E-state index is 13.5. The molecular formula is C12H8Br2FNO2. The third-order valence-electron chi connectivity index (χ3n) is 2.16. The standard InChI is InChI=1S/C12H8Br2FNO2/c13-8-1-2-10(15)11(4-8)18-12-7(6-17)3-9(14)5-16-12/h1-5,17H,6H2. The van der Waals surface area contributed by atoms with Crippen molar-refractivity contribution < 1.29 is 14.2 Å². The maximum absolute atomic E-state index is 13.5. The average Bonchev–Trinajstić information content (AvgIpc) is 2.36. The number of hydrogen-bond donors (Lipinski definition) is 1. The van der Waals surface area contributed by atoms with Gasteiger partial charge in [-0.3, -0.25) is 0 Å². The number of pyridine rings is 1. The van der Waals surface area contributed by atoms with Crippen LogP contribution < -0.4 is 4.74 Å². The lowest BCUT2D eigenvalue weighted by Crippen LogP contribution is -1.96. The van der Waals surface area contributed by atoms with Crippen molar-refractivity contribution >= 4 is 31.9 Å². The van der Waals surface area contributed by atoms with Gasteiger partial charge >= 0.3 is 0 Å². The highest BCUT2D eigenvalue weighted by molar-refractivity contribution is 9.10. The average molecular weight is 377 g/mol. The molecule has 0 spiro atoms. The second-order valence-corrected chi connectivity index (χ2v) is 5.28. The van der Waals surface area contributed by atoms with Gasteiger partial charge in [0, 0.05) is 20.7 Å². The highest BCUT2D eigenvalue weighted by Crippen LogP contribution is 2.29. The smallest absolute Gasteiger partial charge is 0.224 e. The van der Waals surface area contributed by atoms with E-state index in [9.17, 15) is 9.50 Å². The van der Waals surface area contributed by atoms with Crippen molar-refractivity contribution in [2.24, 2.45) is 0 Å². The Morgan fingerprint density at radius 2 is 2.00 bits per heavy atom. The molecule has 0 aliphatic carbocycles. The molecule has 1 heterocycles. The van der Waals surface area contributed by atoms with Gasteiger partial charge in [-0.15, -0.1) is 0 Å². The van der Waals surface area contributed by atoms with Gasteiger partial charge in [0.05, 0.1) is 6.61 Å². The zero-order valence-electron chi connectivity index (χ0n) is 9.03. The van der Waals surface area contributed by atoms with Crippen LogP contribution in [-0.4, -0.2) is 10.1 Å². The first-order valence-electron chi connectivity index (χ1n) is 4.98. The van der Waals surface area contributed by atoms with E-state index in [-0.39, 0.29) is 18.2 Å². The van der Waals surface area contributed by atoms with Crippen LogP contribution in [0.3, 0.4) is 0 Å². The Balaban J connectivity index is 2.36. The molecule has 6 heteroatoms. The van der Waals surface area contributed by atoms with Gasteiger partial charge < -0.3 is 9.84 Å². The molecule has 18 heavy (non-hydrogen) atoms. The van der Waals surface area contributed by atoms with E-state index in [1.165, 1.54) is 18.3 Å². The molecule has 0 bridgehead atoms. The van der Waals surface area contributed by atoms with E-state index in [0.717, 1.165) is 0 Å². The highest BCUT2D eigenvalue weighted by Gasteiger charge is 2.10. The minimum absolute atomic E-state index is 0.0499. The summed E-state index contributed by atoms with van der Waals surface area (Å²) in [6.07, 6.45) is 1.52. The van der Waals surface area contributed by atoms with Gasteiger partial charge in [-0.25, -0.2) is 9.37 Å². The van der Waals surface area contributed by atoms with Gasteiger partial charge in [-0.1, -0.05) is 15.9 Å². The number of hydrogen-bond acceptors (Lipinski definition) is 3. The fraction of sp³-hybridized carbons (Fsp3) is 0.0833. The van der Waals surface area contributed by atoms with Crippen LogP contribution in [0, 0.1) is 5.82 Å². The van der Waals surface area contributed by atoms with E-state index in [1.807, 2.05) is 0 Å². The molecule has 0 amide bonds. The third-order valence-corrected chi connectivity index (χ3v) is 3.09. The van der Waals surface area contributed by atoms with Gasteiger partial charge in [0.25, 0.3) is 0 Å². The van der Waals surface area contributed by atoms with Crippen LogP contribution in [0.1, 0.15) is 5.56 Å². The van der Waals surface area contributed by atoms with Crippen molar-refractivity contribution in [3.63, 3.8) is 0 Å². The Labute approximate surface area is 120 Å². The van der Waals surface area contributed by atoms with Crippen LogP contribution in [0.25, 0.3) is 0 Å². The number of aliphatic hydroxyl groups is 1. The monoisotopic (exact) mass is 375 g/mol. The van der Waals surface area contributed by atoms with E-state index in [0.29, 0.717) is 14.5 Å². The van der Waals surface area contributed by atoms with Crippen LogP contribution in [0.4, 0.5) is 4.39 Å². The summed E-state index contributed by atoms with van der Waals surface area (Å²) >= 11 is 6.47. The Hall–Kier alpha value is -0.980. The summed E-state index contributed by atoms with van der Waals surface area (Å²) in [5, 5.41) is 9.20. The summed E-state index contributed by atoms with van der Waals surface area (Å²) in [6.45, 7) is -0.239. The maximum Gasteiger partial charge on any atom is 0.224 e. The SMILES string of the molecule is OCc1cc(Br)cnc1Oc1cc(Br)ccc1F. The molecule has 0 fully saturated rings. The fourth-order valence-corrected chi connectivity index (χ4v) is 2.05. The molecule has 2 rings (SSSR count). The lowest BCUT2D eigenvalue weighted by molar-refractivity contribution is 0.274. The molecule has 0 aliphatic heterocycles. The molecule has 0 saturated carbocycles. The topological polar surface area (TPSA) is 42.4 Å². The molecule has 1 aromatic carbocycles. The Morgan fingerprint density at radius 1 is 1.22 bits per heavy atom. The number of aromatic nitrogens is 1. The molecule has 0 saturated heterocycles. The van der Waals surface area contributed by atoms with E-state index >= 15 is 0 Å². The van der Waals surface area contributed by atoms with Crippen molar-refractivity contribution in [2.45, 2.75) is 6.61 Å². The molecule has 3 nitrogen and oxygen atoms in total. The lowest BCUT2D eigenvalue weighted by Gasteiger charge is -2.09. The molecular weight excluding hydrogens is 369 g/mol. The molecule has 1 N–H and O–H groups in total. The predicted molar refractivity (Wildman–Crippen MR) is 72.0 cm³/mol. The van der Waals surface area contributed by atoms with E-state index in [4.69, 9.17) is 4.74 Å². The first-order chi connectivity index (χ1) is 8.60. The number of nitrogens with zero attached hydrogens (tertiary/aromatic N) is 1. The van der Waals surface area contributed by atoms with Crippen molar-refractivity contribution in [3.8, 4) is 11.6 Å². The summed E-state index contributed by atoms with van der Waals surface area (Å²) < 4.78 is 20.3. The molecule has 0 radical (unpaired) electrons. The van der Waals surface area contributed by atoms with E-state index < -0.39 is 5.82 Å². The number of halogens is 3. The van der Waals surface area contributed by atoms with Crippen LogP contribution in [0.5, 0.6) is 11.6 Å². The number of aliphatic hydroxyl groups excluding tert-OH is 1. The quantitative estimate of drug-likeness (QED) is 0.879. The second kappa shape index (κ2) is 5.77. The van der Waals surface area contributed by atoms with Gasteiger partial charge in [0.15, 0.2) is 11.6 Å². The number of ether oxygens (including phenoxy) is 1. The van der Waals surface area contributed by atoms with Crippen molar-refractivity contribution in [1.82, 2.24) is 4.98 Å². The first-order valence-corrected chi connectivity index (χ1v) is 6.57. The van der Waals surface area contributed by atoms with Crippen LogP contribution >= 0.6 is 31.9 Å². The summed E-state index contributed by atoms with van der Waals surface area (Å²) in [5.41, 5.74) is 0.476. The zero-order valence-corrected chi connectivity index (χ0v) is 12.2. The number of rotatable bonds is 3. The minimum Gasteiger partial charge on any atom is -0.436 e. The molecule has 0 atom stereocenters. The summed E-state index contributed by atoms with van der Waals surface area (Å²) in [7, 11) is 0. The van der Waals surface area contributed by atoms with Gasteiger partial charge in [0.1, 0.15) is 0 Å². The van der Waals surface area contributed by atoms with Gasteiger partial charge in [0.2, 0.25) is 5.88 Å². The first kappa shape index (κ1) is 13.5. The van der Waals surface area contributed by atoms with E-state index in [1.54, 1.807) is 12.1 Å². The fourth-order valence-electron chi connectivity index (χ4n) is 1.33. The summed E-state index contributed by atoms with van der Waals surface area (Å²) in [5.74, 6) is -0.265. The third kappa shape index (κ3) is 3.07. The summed E-state index contributed by atoms with van der Waals surface area (Å²) in [6, 6.07) is 6.03.